The number of nitrogens with zero attached hydrogens (tertiary/aromatic N) is 1. The van der Waals surface area contributed by atoms with Gasteiger partial charge in [-0.3, -0.25) is 4.79 Å². The molecule has 1 aromatic rings. The Morgan fingerprint density at radius 3 is 2.94 bits per heavy atom. The van der Waals surface area contributed by atoms with Crippen LogP contribution in [0, 0.1) is 12.8 Å². The molecule has 0 bridgehead atoms. The van der Waals surface area contributed by atoms with Crippen molar-refractivity contribution in [1.82, 2.24) is 9.97 Å². The zero-order valence-corrected chi connectivity index (χ0v) is 12.0. The van der Waals surface area contributed by atoms with E-state index in [9.17, 15) is 4.79 Å². The lowest BCUT2D eigenvalue weighted by Gasteiger charge is -2.11. The summed E-state index contributed by atoms with van der Waals surface area (Å²) in [6.07, 6.45) is 2.39. The molecule has 0 aliphatic carbocycles. The Morgan fingerprint density at radius 2 is 2.38 bits per heavy atom. The highest BCUT2D eigenvalue weighted by molar-refractivity contribution is 9.09. The quantitative estimate of drug-likeness (QED) is 0.499. The Balaban J connectivity index is 2.56. The molecule has 0 amide bonds. The number of hydrogen-bond acceptors (Lipinski definition) is 3. The van der Waals surface area contributed by atoms with E-state index in [4.69, 9.17) is 0 Å². The molecule has 0 spiro atoms. The summed E-state index contributed by atoms with van der Waals surface area (Å²) >= 11 is 5.14. The third kappa shape index (κ3) is 4.70. The summed E-state index contributed by atoms with van der Waals surface area (Å²) in [5.74, 6) is 1.63. The minimum atomic E-state index is -0.0686. The molecule has 0 aliphatic heterocycles. The molecule has 1 rings (SSSR count). The highest BCUT2D eigenvalue weighted by atomic mass is 79.9. The van der Waals surface area contributed by atoms with Gasteiger partial charge in [-0.1, -0.05) is 41.0 Å². The van der Waals surface area contributed by atoms with Crippen LogP contribution in [0.15, 0.2) is 16.0 Å². The van der Waals surface area contributed by atoms with Gasteiger partial charge in [-0.25, -0.2) is 4.98 Å². The Bertz CT molecular complexity index is 380. The van der Waals surface area contributed by atoms with Crippen molar-refractivity contribution < 1.29 is 0 Å². The van der Waals surface area contributed by atoms with Gasteiger partial charge in [0.1, 0.15) is 0 Å². The number of halogens is 1. The number of thioether (sulfide) groups is 1. The number of hydrogen-bond donors (Lipinski definition) is 1. The number of aryl methyl sites for hydroxylation is 1. The van der Waals surface area contributed by atoms with Gasteiger partial charge in [0.05, 0.1) is 0 Å². The van der Waals surface area contributed by atoms with Crippen LogP contribution in [0.5, 0.6) is 0 Å². The van der Waals surface area contributed by atoms with E-state index in [1.54, 1.807) is 11.8 Å². The summed E-state index contributed by atoms with van der Waals surface area (Å²) in [5.41, 5.74) is 0.706. The highest BCUT2D eigenvalue weighted by Gasteiger charge is 2.08. The van der Waals surface area contributed by atoms with E-state index in [-0.39, 0.29) is 5.56 Å². The van der Waals surface area contributed by atoms with Gasteiger partial charge in [0, 0.05) is 22.8 Å². The van der Waals surface area contributed by atoms with Gasteiger partial charge >= 0.3 is 0 Å². The molecule has 1 aromatic heterocycles. The van der Waals surface area contributed by atoms with Crippen LogP contribution in [-0.4, -0.2) is 21.1 Å². The minimum Gasteiger partial charge on any atom is -0.301 e. The fraction of sp³-hybridized carbons (Fsp3) is 0.636. The number of alkyl halides is 1. The average Bonchev–Trinajstić information content (AvgIpc) is 2.23. The van der Waals surface area contributed by atoms with E-state index in [0.717, 1.165) is 21.9 Å². The molecule has 3 nitrogen and oxygen atoms in total. The Hall–Kier alpha value is -0.290. The zero-order valence-electron chi connectivity index (χ0n) is 9.62. The van der Waals surface area contributed by atoms with Crippen molar-refractivity contribution in [1.29, 1.82) is 0 Å². The predicted octanol–water partition coefficient (Wildman–Crippen LogP) is 2.98. The van der Waals surface area contributed by atoms with E-state index in [1.807, 2.05) is 6.92 Å². The maximum atomic E-state index is 11.2. The van der Waals surface area contributed by atoms with Crippen LogP contribution in [0.1, 0.15) is 25.5 Å². The van der Waals surface area contributed by atoms with Crippen LogP contribution in [-0.2, 0) is 0 Å². The van der Waals surface area contributed by atoms with Crippen molar-refractivity contribution in [2.24, 2.45) is 5.92 Å². The molecule has 0 saturated heterocycles. The van der Waals surface area contributed by atoms with Crippen LogP contribution < -0.4 is 5.56 Å². The number of aromatic amines is 1. The predicted molar refractivity (Wildman–Crippen MR) is 72.5 cm³/mol. The topological polar surface area (TPSA) is 45.8 Å². The highest BCUT2D eigenvalue weighted by Crippen LogP contribution is 2.20. The summed E-state index contributed by atoms with van der Waals surface area (Å²) in [6.45, 7) is 4.03. The molecule has 16 heavy (non-hydrogen) atoms. The first-order chi connectivity index (χ1) is 7.65. The monoisotopic (exact) mass is 304 g/mol. The van der Waals surface area contributed by atoms with Crippen molar-refractivity contribution in [2.45, 2.75) is 31.8 Å². The fourth-order valence-electron chi connectivity index (χ4n) is 1.43. The van der Waals surface area contributed by atoms with Crippen LogP contribution in [0.3, 0.4) is 0 Å². The van der Waals surface area contributed by atoms with Crippen LogP contribution in [0.4, 0.5) is 0 Å². The summed E-state index contributed by atoms with van der Waals surface area (Å²) in [4.78, 5) is 18.3. The molecular weight excluding hydrogens is 288 g/mol. The summed E-state index contributed by atoms with van der Waals surface area (Å²) in [7, 11) is 0. The second-order valence-electron chi connectivity index (χ2n) is 3.81. The zero-order chi connectivity index (χ0) is 12.0. The van der Waals surface area contributed by atoms with Crippen molar-refractivity contribution in [2.75, 3.05) is 11.1 Å². The van der Waals surface area contributed by atoms with Gasteiger partial charge in [-0.2, -0.15) is 0 Å². The maximum Gasteiger partial charge on any atom is 0.251 e. The lowest BCUT2D eigenvalue weighted by atomic mass is 10.1. The Labute approximate surface area is 109 Å². The first kappa shape index (κ1) is 13.8. The molecule has 5 heteroatoms. The summed E-state index contributed by atoms with van der Waals surface area (Å²) < 4.78 is 0. The molecule has 0 radical (unpaired) electrons. The second kappa shape index (κ2) is 7.12. The van der Waals surface area contributed by atoms with Crippen molar-refractivity contribution >= 4 is 27.7 Å². The smallest absolute Gasteiger partial charge is 0.251 e. The van der Waals surface area contributed by atoms with E-state index in [2.05, 4.69) is 32.8 Å². The van der Waals surface area contributed by atoms with Gasteiger partial charge in [0.2, 0.25) is 0 Å². The van der Waals surface area contributed by atoms with Gasteiger partial charge in [-0.15, -0.1) is 0 Å². The molecule has 1 N–H and O–H groups in total. The summed E-state index contributed by atoms with van der Waals surface area (Å²) in [5, 5.41) is 1.73. The lowest BCUT2D eigenvalue weighted by Crippen LogP contribution is -2.10. The average molecular weight is 305 g/mol. The third-order valence-electron chi connectivity index (χ3n) is 2.22. The Kier molecular flexibility index (Phi) is 6.13. The van der Waals surface area contributed by atoms with Crippen LogP contribution in [0.2, 0.25) is 0 Å². The number of nitrogens with one attached hydrogen (secondary N) is 1. The molecule has 0 saturated carbocycles. The SMILES string of the molecule is CCCC(CBr)CSc1nc(C)cc(=O)[nH]1. The molecule has 0 aromatic carbocycles. The largest absolute Gasteiger partial charge is 0.301 e. The second-order valence-corrected chi connectivity index (χ2v) is 5.47. The first-order valence-electron chi connectivity index (χ1n) is 5.42. The molecule has 90 valence electrons. The van der Waals surface area contributed by atoms with Crippen LogP contribution >= 0.6 is 27.7 Å². The summed E-state index contributed by atoms with van der Waals surface area (Å²) in [6, 6.07) is 1.51. The molecule has 1 unspecified atom stereocenters. The molecule has 0 fully saturated rings. The normalized spacial score (nSPS) is 12.7. The van der Waals surface area contributed by atoms with E-state index < -0.39 is 0 Å². The molecule has 1 heterocycles. The Morgan fingerprint density at radius 1 is 1.62 bits per heavy atom. The molecular formula is C11H17BrN2OS. The minimum absolute atomic E-state index is 0.0686. The van der Waals surface area contributed by atoms with Crippen molar-refractivity contribution in [3.05, 3.63) is 22.1 Å². The van der Waals surface area contributed by atoms with E-state index in [1.165, 1.54) is 18.9 Å². The molecule has 1 atom stereocenters. The first-order valence-corrected chi connectivity index (χ1v) is 7.53. The number of aromatic nitrogens is 2. The number of rotatable bonds is 6. The lowest BCUT2D eigenvalue weighted by molar-refractivity contribution is 0.597. The van der Waals surface area contributed by atoms with Gasteiger partial charge in [0.15, 0.2) is 5.16 Å². The van der Waals surface area contributed by atoms with Gasteiger partial charge in [-0.05, 0) is 19.3 Å². The fourth-order valence-corrected chi connectivity index (χ4v) is 3.35. The van der Waals surface area contributed by atoms with E-state index >= 15 is 0 Å². The van der Waals surface area contributed by atoms with E-state index in [0.29, 0.717) is 5.92 Å². The maximum absolute atomic E-state index is 11.2. The standard InChI is InChI=1S/C11H17BrN2OS/c1-3-4-9(6-12)7-16-11-13-8(2)5-10(15)14-11/h5,9H,3-4,6-7H2,1-2H3,(H,13,14,15). The van der Waals surface area contributed by atoms with Crippen molar-refractivity contribution in [3.8, 4) is 0 Å². The van der Waals surface area contributed by atoms with Crippen molar-refractivity contribution in [3.63, 3.8) is 0 Å². The molecule has 0 aliphatic rings. The van der Waals surface area contributed by atoms with Gasteiger partial charge in [0.25, 0.3) is 5.56 Å². The van der Waals surface area contributed by atoms with Crippen LogP contribution in [0.25, 0.3) is 0 Å². The number of H-pyrrole nitrogens is 1. The third-order valence-corrected chi connectivity index (χ3v) is 4.24. The van der Waals surface area contributed by atoms with Gasteiger partial charge < -0.3 is 4.98 Å².